The number of ether oxygens (including phenoxy) is 5. The molecule has 15 atom stereocenters. The third-order valence-electron chi connectivity index (χ3n) is 5.99. The van der Waals surface area contributed by atoms with Crippen LogP contribution in [0.5, 0.6) is 0 Å². The Hall–Kier alpha value is -0.700. The van der Waals surface area contributed by atoms with Gasteiger partial charge in [0, 0.05) is 0 Å². The molecule has 9 N–H and O–H groups in total. The number of hydrogen-bond donors (Lipinski definition) is 9. The molecule has 3 fully saturated rings. The van der Waals surface area contributed by atoms with Crippen molar-refractivity contribution in [2.45, 2.75) is 92.3 Å². The van der Waals surface area contributed by atoms with E-state index >= 15 is 0 Å². The predicted octanol–water partition coefficient (Wildman–Crippen LogP) is -5.62. The van der Waals surface area contributed by atoms with Crippen molar-refractivity contribution in [3.8, 4) is 0 Å². The molecule has 0 aromatic heterocycles. The van der Waals surface area contributed by atoms with E-state index in [1.807, 2.05) is 0 Å². The molecule has 3 aliphatic heterocycles. The van der Waals surface area contributed by atoms with Crippen molar-refractivity contribution in [3.63, 3.8) is 0 Å². The van der Waals surface area contributed by atoms with Gasteiger partial charge in [0.25, 0.3) is 0 Å². The van der Waals surface area contributed by atoms with Crippen LogP contribution in [0, 0.1) is 0 Å². The number of hydrogen-bond acceptors (Lipinski definition) is 14. The maximum absolute atomic E-state index is 14.4. The lowest BCUT2D eigenvalue weighted by molar-refractivity contribution is -0.355. The Labute approximate surface area is 191 Å². The number of aliphatic hydroxyl groups excluding tert-OH is 9. The van der Waals surface area contributed by atoms with Crippen LogP contribution in [0.4, 0.5) is 8.78 Å². The molecule has 0 unspecified atom stereocenters. The first kappa shape index (κ1) is 27.9. The van der Waals surface area contributed by atoms with Gasteiger partial charge in [-0.3, -0.25) is 0 Å². The minimum Gasteiger partial charge on any atom is -0.394 e. The van der Waals surface area contributed by atoms with Crippen LogP contribution in [-0.2, 0) is 23.7 Å². The smallest absolute Gasteiger partial charge is 0.192 e. The summed E-state index contributed by atoms with van der Waals surface area (Å²) in [5, 5.41) is 88.0. The van der Waals surface area contributed by atoms with Gasteiger partial charge in [-0.15, -0.1) is 0 Å². The van der Waals surface area contributed by atoms with E-state index in [9.17, 15) is 54.7 Å². The first-order valence-corrected chi connectivity index (χ1v) is 10.5. The van der Waals surface area contributed by atoms with E-state index in [1.165, 1.54) is 0 Å². The van der Waals surface area contributed by atoms with Crippen LogP contribution in [0.2, 0.25) is 0 Å². The third kappa shape index (κ3) is 5.50. The molecule has 0 spiro atoms. The molecule has 3 heterocycles. The van der Waals surface area contributed by atoms with Crippen LogP contribution < -0.4 is 0 Å². The predicted molar refractivity (Wildman–Crippen MR) is 99.0 cm³/mol. The average Bonchev–Trinajstić information content (AvgIpc) is 2.82. The van der Waals surface area contributed by atoms with Crippen molar-refractivity contribution in [1.29, 1.82) is 0 Å². The lowest BCUT2D eigenvalue weighted by Crippen LogP contribution is -2.64. The highest BCUT2D eigenvalue weighted by molar-refractivity contribution is 4.94. The fourth-order valence-electron chi connectivity index (χ4n) is 3.89. The van der Waals surface area contributed by atoms with Crippen LogP contribution in [0.25, 0.3) is 0 Å². The van der Waals surface area contributed by atoms with Crippen molar-refractivity contribution in [2.24, 2.45) is 0 Å². The van der Waals surface area contributed by atoms with Crippen molar-refractivity contribution < 1.29 is 78.4 Å². The average molecular weight is 508 g/mol. The summed E-state index contributed by atoms with van der Waals surface area (Å²) in [6.45, 7) is -2.30. The van der Waals surface area contributed by atoms with E-state index in [1.54, 1.807) is 0 Å². The van der Waals surface area contributed by atoms with E-state index < -0.39 is 112 Å². The second-order valence-electron chi connectivity index (χ2n) is 8.28. The number of alkyl halides is 2. The van der Waals surface area contributed by atoms with Gasteiger partial charge in [-0.05, 0) is 0 Å². The van der Waals surface area contributed by atoms with Crippen LogP contribution >= 0.6 is 0 Å². The molecule has 0 amide bonds. The van der Waals surface area contributed by atoms with Crippen molar-refractivity contribution >= 4 is 0 Å². The second-order valence-corrected chi connectivity index (χ2v) is 8.28. The quantitative estimate of drug-likeness (QED) is 0.156. The highest BCUT2D eigenvalue weighted by atomic mass is 19.1. The summed E-state index contributed by atoms with van der Waals surface area (Å²) in [6, 6.07) is 0. The first-order valence-electron chi connectivity index (χ1n) is 10.5. The van der Waals surface area contributed by atoms with Gasteiger partial charge in [0.1, 0.15) is 61.0 Å². The molecule has 3 aliphatic rings. The Morgan fingerprint density at radius 3 is 1.62 bits per heavy atom. The molecule has 0 bridgehead atoms. The zero-order chi connectivity index (χ0) is 25.3. The highest BCUT2D eigenvalue weighted by Gasteiger charge is 2.52. The van der Waals surface area contributed by atoms with Crippen LogP contribution in [0.1, 0.15) is 0 Å². The van der Waals surface area contributed by atoms with Gasteiger partial charge in [-0.2, -0.15) is 0 Å². The first-order chi connectivity index (χ1) is 16.0. The molecule has 34 heavy (non-hydrogen) atoms. The van der Waals surface area contributed by atoms with Gasteiger partial charge in [0.15, 0.2) is 31.2 Å². The topological polar surface area (TPSA) is 228 Å². The molecule has 16 heteroatoms. The lowest BCUT2D eigenvalue weighted by Gasteiger charge is -2.45. The summed E-state index contributed by atoms with van der Waals surface area (Å²) >= 11 is 0. The monoisotopic (exact) mass is 508 g/mol. The molecule has 0 radical (unpaired) electrons. The summed E-state index contributed by atoms with van der Waals surface area (Å²) in [4.78, 5) is 0. The molecule has 0 aromatic rings. The second kappa shape index (κ2) is 11.6. The van der Waals surface area contributed by atoms with E-state index in [-0.39, 0.29) is 0 Å². The summed E-state index contributed by atoms with van der Waals surface area (Å²) < 4.78 is 54.1. The maximum atomic E-state index is 14.4. The summed E-state index contributed by atoms with van der Waals surface area (Å²) in [5.41, 5.74) is 0. The van der Waals surface area contributed by atoms with E-state index in [0.29, 0.717) is 0 Å². The van der Waals surface area contributed by atoms with Crippen LogP contribution in [0.3, 0.4) is 0 Å². The molecule has 3 rings (SSSR count). The third-order valence-corrected chi connectivity index (χ3v) is 5.99. The molecular weight excluding hydrogens is 478 g/mol. The van der Waals surface area contributed by atoms with E-state index in [2.05, 4.69) is 0 Å². The molecule has 0 aliphatic carbocycles. The minimum atomic E-state index is -2.36. The van der Waals surface area contributed by atoms with Crippen molar-refractivity contribution in [2.75, 3.05) is 19.8 Å². The summed E-state index contributed by atoms with van der Waals surface area (Å²) in [5.74, 6) is 0. The van der Waals surface area contributed by atoms with Crippen LogP contribution in [-0.4, -0.2) is 158 Å². The summed E-state index contributed by atoms with van der Waals surface area (Å²) in [7, 11) is 0. The standard InChI is InChI=1S/C18H30F2O14/c19-7-12(26)9(23)4(1-21)32-17(7)30-3-6-11(25)15(14(28)16(29)31-6)34-18-8(20)13(27)10(24)5(2-22)33-18/h4-18,21-29H,1-3H2/t4-,5-,6-,7+,8+,9-,10-,11-,12-,13-,14+,15+,16-,17+,18-/m1/s1. The molecule has 0 aromatic carbocycles. The highest BCUT2D eigenvalue weighted by Crippen LogP contribution is 2.31. The zero-order valence-corrected chi connectivity index (χ0v) is 17.6. The Bertz CT molecular complexity index is 646. The number of halogens is 2. The number of aliphatic hydroxyl groups is 9. The molecular formula is C18H30F2O14. The summed E-state index contributed by atoms with van der Waals surface area (Å²) in [6.07, 6.45) is -27.9. The Morgan fingerprint density at radius 1 is 0.588 bits per heavy atom. The van der Waals surface area contributed by atoms with Gasteiger partial charge in [-0.25, -0.2) is 8.78 Å². The SMILES string of the molecule is OC[C@H]1O[C@H](OC[C@H]2O[C@@H](O)[C@@H](O)[C@@H](O[C@H]3O[C@H](CO)[C@@H](O)[C@H](O)[C@@H]3F)[C@@H]2O)[C@@H](F)[C@@H](O)[C@@H]1O. The van der Waals surface area contributed by atoms with Crippen molar-refractivity contribution in [1.82, 2.24) is 0 Å². The van der Waals surface area contributed by atoms with Gasteiger partial charge in [0.05, 0.1) is 19.8 Å². The lowest BCUT2D eigenvalue weighted by atomic mass is 9.97. The Balaban J connectivity index is 1.65. The largest absolute Gasteiger partial charge is 0.394 e. The van der Waals surface area contributed by atoms with Gasteiger partial charge >= 0.3 is 0 Å². The minimum absolute atomic E-state index is 0.720. The zero-order valence-electron chi connectivity index (χ0n) is 17.6. The van der Waals surface area contributed by atoms with Gasteiger partial charge in [-0.1, -0.05) is 0 Å². The number of rotatable bonds is 7. The fraction of sp³-hybridized carbons (Fsp3) is 1.00. The van der Waals surface area contributed by atoms with Gasteiger partial charge < -0.3 is 69.6 Å². The maximum Gasteiger partial charge on any atom is 0.192 e. The molecule has 0 saturated carbocycles. The van der Waals surface area contributed by atoms with Crippen LogP contribution in [0.15, 0.2) is 0 Å². The van der Waals surface area contributed by atoms with E-state index in [0.717, 1.165) is 0 Å². The molecule has 14 nitrogen and oxygen atoms in total. The van der Waals surface area contributed by atoms with Gasteiger partial charge in [0.2, 0.25) is 0 Å². The Morgan fingerprint density at radius 2 is 1.09 bits per heavy atom. The van der Waals surface area contributed by atoms with Crippen molar-refractivity contribution in [3.05, 3.63) is 0 Å². The normalized spacial score (nSPS) is 52.5. The molecule has 3 saturated heterocycles. The fourth-order valence-corrected chi connectivity index (χ4v) is 3.89. The molecule has 200 valence electrons. The van der Waals surface area contributed by atoms with E-state index in [4.69, 9.17) is 23.7 Å². The Kier molecular flexibility index (Phi) is 9.49.